The first-order chi connectivity index (χ1) is 37.3. The predicted molar refractivity (Wildman–Crippen MR) is 305 cm³/mol. The van der Waals surface area contributed by atoms with Crippen molar-refractivity contribution in [1.82, 2.24) is 24.3 Å². The van der Waals surface area contributed by atoms with Crippen LogP contribution in [0.5, 0.6) is 0 Å². The van der Waals surface area contributed by atoms with Crippen molar-refractivity contribution in [3.05, 3.63) is 119 Å². The fourth-order valence-electron chi connectivity index (χ4n) is 10.7. The lowest BCUT2D eigenvalue weighted by Crippen LogP contribution is -2.52. The molecule has 2 N–H and O–H groups in total. The molecule has 1 aliphatic carbocycles. The fourth-order valence-corrected chi connectivity index (χ4v) is 13.9. The van der Waals surface area contributed by atoms with Crippen LogP contribution >= 0.6 is 23.4 Å². The van der Waals surface area contributed by atoms with Crippen LogP contribution in [-0.4, -0.2) is 169 Å². The van der Waals surface area contributed by atoms with Crippen molar-refractivity contribution in [2.75, 3.05) is 108 Å². The van der Waals surface area contributed by atoms with Crippen molar-refractivity contribution < 1.29 is 49.1 Å². The lowest BCUT2D eigenvalue weighted by molar-refractivity contribution is -0.0436. The summed E-state index contributed by atoms with van der Waals surface area (Å²) in [6, 6.07) is 25.8. The van der Waals surface area contributed by atoms with Gasteiger partial charge in [0, 0.05) is 118 Å². The Morgan fingerprint density at radius 3 is 2.18 bits per heavy atom. The lowest BCUT2D eigenvalue weighted by atomic mass is 9.71. The zero-order chi connectivity index (χ0) is 56.8. The monoisotopic (exact) mass is 1170 g/mol. The number of sulfone groups is 1. The van der Waals surface area contributed by atoms with Gasteiger partial charge in [-0.25, -0.2) is 26.4 Å². The Kier molecular flexibility index (Phi) is 19.4. The molecule has 15 nitrogen and oxygen atoms in total. The van der Waals surface area contributed by atoms with Gasteiger partial charge in [-0.05, 0) is 137 Å². The molecule has 4 aromatic carbocycles. The average Bonchev–Trinajstić information content (AvgIpc) is 3.50. The molecule has 8 rings (SSSR count). The maximum atomic E-state index is 14.3. The second-order valence-corrected chi connectivity index (χ2v) is 27.5. The van der Waals surface area contributed by atoms with Gasteiger partial charge in [0.15, 0.2) is 0 Å². The van der Waals surface area contributed by atoms with E-state index >= 15 is 0 Å². The number of amides is 2. The number of hydrogen-bond donors (Lipinski definition) is 2. The van der Waals surface area contributed by atoms with Crippen molar-refractivity contribution in [3.63, 3.8) is 0 Å². The summed E-state index contributed by atoms with van der Waals surface area (Å²) in [6.45, 7) is 19.7. The van der Waals surface area contributed by atoms with Crippen LogP contribution in [0.3, 0.4) is 0 Å². The Morgan fingerprint density at radius 1 is 0.861 bits per heavy atom. The van der Waals surface area contributed by atoms with E-state index in [2.05, 4.69) is 44.0 Å². The maximum Gasteiger partial charge on any atom is 0.501 e. The topological polar surface area (TPSA) is 161 Å². The molecule has 4 aromatic rings. The minimum atomic E-state index is -6.09. The van der Waals surface area contributed by atoms with Gasteiger partial charge in [0.1, 0.15) is 10.5 Å². The average molecular weight is 1170 g/mol. The Morgan fingerprint density at radius 2 is 1.53 bits per heavy atom. The summed E-state index contributed by atoms with van der Waals surface area (Å²) in [5, 5.41) is 3.70. The second-order valence-electron chi connectivity index (χ2n) is 22.4. The number of allylic oxidation sites excluding steroid dienone is 1. The standard InChI is InChI=1S/C57H73ClF3N7O8S3/c1-41-38-75-34-33-66(41)24-22-46(39-77-48-9-7-6-8-10-48)62-51-20-19-49(35-52(51)78(71,72)57(59,60)61)79(73,74)63-53(69)43-13-17-47(18-14-43)67-29-25-64(26-30-67)37-44-36-56(5,23-21-50(44)42-11-15-45(58)16-12-42)40-65-27-31-68(32-28-65)54(70)76-55(2,3)4/h6-20,35,41,46,62H,21-34,36-40H2,1-5H3,(H,63,69)/t41-,46-,56-/m1/s1. The summed E-state index contributed by atoms with van der Waals surface area (Å²) in [7, 11) is -11.0. The van der Waals surface area contributed by atoms with Crippen molar-refractivity contribution in [2.24, 2.45) is 5.41 Å². The minimum Gasteiger partial charge on any atom is -0.444 e. The molecule has 0 spiro atoms. The highest BCUT2D eigenvalue weighted by molar-refractivity contribution is 7.99. The van der Waals surface area contributed by atoms with Crippen molar-refractivity contribution >= 4 is 72.2 Å². The molecule has 3 aliphatic heterocycles. The van der Waals surface area contributed by atoms with Crippen LogP contribution in [0.25, 0.3) is 5.57 Å². The summed E-state index contributed by atoms with van der Waals surface area (Å²) < 4.78 is 110. The van der Waals surface area contributed by atoms with Gasteiger partial charge >= 0.3 is 11.6 Å². The third-order valence-corrected chi connectivity index (χ3v) is 19.3. The van der Waals surface area contributed by atoms with Gasteiger partial charge in [0.05, 0.1) is 23.8 Å². The van der Waals surface area contributed by atoms with Gasteiger partial charge in [-0.2, -0.15) is 13.2 Å². The number of carbonyl (C=O) groups excluding carboxylic acids is 2. The maximum absolute atomic E-state index is 14.3. The van der Waals surface area contributed by atoms with Crippen LogP contribution < -0.4 is 14.9 Å². The third kappa shape index (κ3) is 16.0. The van der Waals surface area contributed by atoms with Crippen LogP contribution in [0, 0.1) is 5.41 Å². The number of rotatable bonds is 18. The van der Waals surface area contributed by atoms with E-state index in [1.54, 1.807) is 17.0 Å². The van der Waals surface area contributed by atoms with Gasteiger partial charge in [0.2, 0.25) is 0 Å². The summed E-state index contributed by atoms with van der Waals surface area (Å²) in [6.07, 6.45) is 3.04. The van der Waals surface area contributed by atoms with E-state index in [4.69, 9.17) is 21.1 Å². The number of halogens is 4. The Bertz CT molecular complexity index is 3010. The van der Waals surface area contributed by atoms with Crippen molar-refractivity contribution in [3.8, 4) is 0 Å². The summed E-state index contributed by atoms with van der Waals surface area (Å²) in [4.78, 5) is 36.2. The molecule has 0 radical (unpaired) electrons. The van der Waals surface area contributed by atoms with E-state index in [1.165, 1.54) is 40.6 Å². The number of carbonyl (C=O) groups is 2. The van der Waals surface area contributed by atoms with Gasteiger partial charge in [0.25, 0.3) is 25.8 Å². The molecule has 79 heavy (non-hydrogen) atoms. The molecular weight excluding hydrogens is 1100 g/mol. The Balaban J connectivity index is 0.904. The van der Waals surface area contributed by atoms with Crippen LogP contribution in [0.15, 0.2) is 117 Å². The summed E-state index contributed by atoms with van der Waals surface area (Å²) in [5.74, 6) is -0.687. The highest BCUT2D eigenvalue weighted by Crippen LogP contribution is 2.44. The van der Waals surface area contributed by atoms with E-state index in [-0.39, 0.29) is 23.1 Å². The zero-order valence-corrected chi connectivity index (χ0v) is 48.8. The number of nitrogens with one attached hydrogen (secondary N) is 2. The van der Waals surface area contributed by atoms with Gasteiger partial charge in [-0.1, -0.05) is 54.4 Å². The molecule has 0 unspecified atom stereocenters. The zero-order valence-electron chi connectivity index (χ0n) is 45.6. The number of nitrogens with zero attached hydrogens (tertiary/aromatic N) is 5. The third-order valence-electron chi connectivity index (χ3n) is 15.1. The number of anilines is 2. The van der Waals surface area contributed by atoms with Gasteiger partial charge in [-0.3, -0.25) is 19.5 Å². The van der Waals surface area contributed by atoms with E-state index in [0.717, 1.165) is 81.2 Å². The molecule has 0 bridgehead atoms. The summed E-state index contributed by atoms with van der Waals surface area (Å²) >= 11 is 7.77. The number of sulfonamides is 1. The predicted octanol–water partition coefficient (Wildman–Crippen LogP) is 9.75. The molecule has 430 valence electrons. The number of morpholine rings is 1. The van der Waals surface area contributed by atoms with Crippen molar-refractivity contribution in [1.29, 1.82) is 0 Å². The highest BCUT2D eigenvalue weighted by atomic mass is 35.5. The van der Waals surface area contributed by atoms with E-state index in [9.17, 15) is 39.6 Å². The number of ether oxygens (including phenoxy) is 2. The van der Waals surface area contributed by atoms with Crippen LogP contribution in [-0.2, 0) is 29.3 Å². The first-order valence-corrected chi connectivity index (χ1v) is 31.2. The number of piperazine rings is 2. The molecule has 3 fully saturated rings. The number of alkyl halides is 3. The lowest BCUT2D eigenvalue weighted by Gasteiger charge is -2.44. The smallest absolute Gasteiger partial charge is 0.444 e. The number of thioether (sulfide) groups is 1. The van der Waals surface area contributed by atoms with E-state index in [0.29, 0.717) is 75.7 Å². The molecule has 3 heterocycles. The number of benzene rings is 4. The number of hydrogen-bond acceptors (Lipinski definition) is 14. The fraction of sp³-hybridized carbons (Fsp3) is 0.509. The normalized spacial score (nSPS) is 20.9. The van der Waals surface area contributed by atoms with E-state index in [1.807, 2.05) is 74.9 Å². The summed E-state index contributed by atoms with van der Waals surface area (Å²) in [5.41, 5.74) is -1.95. The first-order valence-electron chi connectivity index (χ1n) is 26.9. The molecule has 22 heteroatoms. The van der Waals surface area contributed by atoms with Gasteiger partial charge < -0.3 is 24.6 Å². The van der Waals surface area contributed by atoms with Gasteiger partial charge in [-0.15, -0.1) is 11.8 Å². The first kappa shape index (κ1) is 60.2. The molecule has 3 saturated heterocycles. The largest absolute Gasteiger partial charge is 0.501 e. The Hall–Kier alpha value is -4.87. The van der Waals surface area contributed by atoms with E-state index < -0.39 is 58.4 Å². The molecule has 2 amide bonds. The SMILES string of the molecule is C[C@@H]1COCCN1CC[C@H](CSc1ccccc1)Nc1ccc(S(=O)(=O)NC(=O)c2ccc(N3CCN(CC4=C(c5ccc(Cl)cc5)CC[C@@](C)(CN5CCN(C(=O)OC(C)(C)C)CC5)C4)CC3)cc2)cc1S(=O)(=O)C(F)(F)F. The quantitative estimate of drug-likeness (QED) is 0.0906. The molecule has 0 saturated carbocycles. The minimum absolute atomic E-state index is 0.0207. The molecule has 0 aromatic heterocycles. The van der Waals surface area contributed by atoms with Crippen LogP contribution in [0.1, 0.15) is 76.2 Å². The highest BCUT2D eigenvalue weighted by Gasteiger charge is 2.49. The second kappa shape index (κ2) is 25.5. The van der Waals surface area contributed by atoms with Crippen LogP contribution in [0.2, 0.25) is 5.02 Å². The molecule has 4 aliphatic rings. The molecule has 3 atom stereocenters. The van der Waals surface area contributed by atoms with Crippen LogP contribution in [0.4, 0.5) is 29.3 Å². The molecular formula is C57H73ClF3N7O8S3. The Labute approximate surface area is 473 Å². The van der Waals surface area contributed by atoms with Crippen molar-refractivity contribution in [2.45, 2.75) is 98.2 Å².